The van der Waals surface area contributed by atoms with E-state index >= 15 is 0 Å². The normalized spacial score (nSPS) is 18.8. The smallest absolute Gasteiger partial charge is 0.407 e. The van der Waals surface area contributed by atoms with Gasteiger partial charge in [-0.25, -0.2) is 9.18 Å². The van der Waals surface area contributed by atoms with Crippen LogP contribution in [0.1, 0.15) is 18.4 Å². The molecule has 1 atom stereocenters. The molecule has 1 aliphatic heterocycles. The summed E-state index contributed by atoms with van der Waals surface area (Å²) in [6.45, 7) is 3.85. The van der Waals surface area contributed by atoms with Gasteiger partial charge in [-0.15, -0.1) is 0 Å². The number of nitrogens with zero attached hydrogens (tertiary/aromatic N) is 2. The van der Waals surface area contributed by atoms with Crippen molar-refractivity contribution in [1.82, 2.24) is 9.80 Å². The quantitative estimate of drug-likeness (QED) is 0.838. The van der Waals surface area contributed by atoms with Gasteiger partial charge >= 0.3 is 6.09 Å². The third-order valence-electron chi connectivity index (χ3n) is 4.21. The predicted molar refractivity (Wildman–Crippen MR) is 85.9 cm³/mol. The zero-order chi connectivity index (χ0) is 16.7. The first-order valence-corrected chi connectivity index (χ1v) is 8.02. The fourth-order valence-electron chi connectivity index (χ4n) is 3.12. The number of hydrogen-bond donors (Lipinski definition) is 1. The molecule has 2 rings (SSSR count). The summed E-state index contributed by atoms with van der Waals surface area (Å²) in [4.78, 5) is 15.0. The molecule has 0 bridgehead atoms. The molecule has 1 saturated heterocycles. The Labute approximate surface area is 136 Å². The molecule has 5 nitrogen and oxygen atoms in total. The number of ether oxygens (including phenoxy) is 1. The van der Waals surface area contributed by atoms with Crippen molar-refractivity contribution in [1.29, 1.82) is 0 Å². The molecule has 1 N–H and O–H groups in total. The molecule has 6 heteroatoms. The Bertz CT molecular complexity index is 512. The average molecular weight is 324 g/mol. The number of carbonyl (C=O) groups is 1. The Morgan fingerprint density at radius 2 is 2.35 bits per heavy atom. The van der Waals surface area contributed by atoms with Gasteiger partial charge < -0.3 is 14.7 Å². The van der Waals surface area contributed by atoms with Crippen molar-refractivity contribution in [2.45, 2.75) is 19.4 Å². The van der Waals surface area contributed by atoms with E-state index in [1.807, 2.05) is 6.07 Å². The van der Waals surface area contributed by atoms with Gasteiger partial charge in [0.15, 0.2) is 0 Å². The molecular weight excluding hydrogens is 299 g/mol. The summed E-state index contributed by atoms with van der Waals surface area (Å²) in [6, 6.07) is 6.66. The third kappa shape index (κ3) is 5.80. The fourth-order valence-corrected chi connectivity index (χ4v) is 3.12. The molecule has 0 aliphatic carbocycles. The van der Waals surface area contributed by atoms with Gasteiger partial charge in [0.25, 0.3) is 0 Å². The minimum absolute atomic E-state index is 0.215. The SMILES string of the molecule is COCCN(CC1CCCN(Cc2cccc(F)c2)C1)C(=O)O. The van der Waals surface area contributed by atoms with Crippen LogP contribution in [0, 0.1) is 11.7 Å². The molecule has 128 valence electrons. The zero-order valence-corrected chi connectivity index (χ0v) is 13.6. The number of amides is 1. The standard InChI is InChI=1S/C17H25FN2O3/c1-23-9-8-20(17(21)22)13-15-5-3-7-19(12-15)11-14-4-2-6-16(18)10-14/h2,4,6,10,15H,3,5,7-9,11-13H2,1H3,(H,21,22). The maximum Gasteiger partial charge on any atom is 0.407 e. The van der Waals surface area contributed by atoms with Crippen LogP contribution in [0.2, 0.25) is 0 Å². The van der Waals surface area contributed by atoms with Crippen molar-refractivity contribution in [3.8, 4) is 0 Å². The van der Waals surface area contributed by atoms with Crippen molar-refractivity contribution >= 4 is 6.09 Å². The zero-order valence-electron chi connectivity index (χ0n) is 13.6. The fraction of sp³-hybridized carbons (Fsp3) is 0.588. The van der Waals surface area contributed by atoms with E-state index in [4.69, 9.17) is 4.74 Å². The molecule has 1 aromatic rings. The number of piperidine rings is 1. The van der Waals surface area contributed by atoms with Crippen LogP contribution in [-0.2, 0) is 11.3 Å². The van der Waals surface area contributed by atoms with E-state index in [9.17, 15) is 14.3 Å². The second-order valence-corrected chi connectivity index (χ2v) is 6.09. The Balaban J connectivity index is 1.88. The van der Waals surface area contributed by atoms with E-state index < -0.39 is 6.09 Å². The van der Waals surface area contributed by atoms with Crippen LogP contribution < -0.4 is 0 Å². The molecule has 0 radical (unpaired) electrons. The summed E-state index contributed by atoms with van der Waals surface area (Å²) in [5.41, 5.74) is 0.958. The Morgan fingerprint density at radius 3 is 3.04 bits per heavy atom. The molecule has 0 saturated carbocycles. The van der Waals surface area contributed by atoms with E-state index in [0.29, 0.717) is 32.2 Å². The first-order valence-electron chi connectivity index (χ1n) is 8.02. The lowest BCUT2D eigenvalue weighted by Gasteiger charge is -2.35. The van der Waals surface area contributed by atoms with Crippen LogP contribution in [0.4, 0.5) is 9.18 Å². The summed E-state index contributed by atoms with van der Waals surface area (Å²) in [5, 5.41) is 9.28. The summed E-state index contributed by atoms with van der Waals surface area (Å²) in [6.07, 6.45) is 1.16. The number of hydrogen-bond acceptors (Lipinski definition) is 3. The van der Waals surface area contributed by atoms with Gasteiger partial charge in [0, 0.05) is 33.3 Å². The largest absolute Gasteiger partial charge is 0.465 e. The first kappa shape index (κ1) is 17.7. The Kier molecular flexibility index (Phi) is 6.80. The van der Waals surface area contributed by atoms with Gasteiger partial charge in [0.2, 0.25) is 0 Å². The minimum atomic E-state index is -0.899. The molecule has 1 heterocycles. The van der Waals surface area contributed by atoms with Crippen LogP contribution in [0.15, 0.2) is 24.3 Å². The molecule has 1 unspecified atom stereocenters. The van der Waals surface area contributed by atoms with Crippen molar-refractivity contribution < 1.29 is 19.0 Å². The molecular formula is C17H25FN2O3. The first-order chi connectivity index (χ1) is 11.1. The average Bonchev–Trinajstić information content (AvgIpc) is 2.51. The number of benzene rings is 1. The monoisotopic (exact) mass is 324 g/mol. The Morgan fingerprint density at radius 1 is 1.52 bits per heavy atom. The van der Waals surface area contributed by atoms with E-state index in [2.05, 4.69) is 4.90 Å². The van der Waals surface area contributed by atoms with E-state index in [1.54, 1.807) is 19.2 Å². The van der Waals surface area contributed by atoms with Crippen LogP contribution in [0.3, 0.4) is 0 Å². The van der Waals surface area contributed by atoms with Crippen LogP contribution in [0.5, 0.6) is 0 Å². The number of carboxylic acid groups (broad SMARTS) is 1. The van der Waals surface area contributed by atoms with Gasteiger partial charge in [-0.05, 0) is 43.0 Å². The second-order valence-electron chi connectivity index (χ2n) is 6.09. The molecule has 1 fully saturated rings. The highest BCUT2D eigenvalue weighted by Crippen LogP contribution is 2.20. The third-order valence-corrected chi connectivity index (χ3v) is 4.21. The van der Waals surface area contributed by atoms with E-state index in [-0.39, 0.29) is 5.82 Å². The second kappa shape index (κ2) is 8.84. The lowest BCUT2D eigenvalue weighted by atomic mass is 9.97. The van der Waals surface area contributed by atoms with Crippen LogP contribution >= 0.6 is 0 Å². The summed E-state index contributed by atoms with van der Waals surface area (Å²) in [5.74, 6) is 0.0953. The van der Waals surface area contributed by atoms with Gasteiger partial charge in [-0.1, -0.05) is 12.1 Å². The lowest BCUT2D eigenvalue weighted by Crippen LogP contribution is -2.43. The van der Waals surface area contributed by atoms with E-state index in [0.717, 1.165) is 31.5 Å². The topological polar surface area (TPSA) is 53.0 Å². The summed E-state index contributed by atoms with van der Waals surface area (Å²) in [7, 11) is 1.57. The predicted octanol–water partition coefficient (Wildman–Crippen LogP) is 2.66. The van der Waals surface area contributed by atoms with Crippen molar-refractivity contribution in [3.05, 3.63) is 35.6 Å². The lowest BCUT2D eigenvalue weighted by molar-refractivity contribution is 0.0911. The molecule has 1 aliphatic rings. The van der Waals surface area contributed by atoms with Gasteiger partial charge in [0.05, 0.1) is 6.61 Å². The maximum atomic E-state index is 13.3. The Hall–Kier alpha value is -1.66. The highest BCUT2D eigenvalue weighted by Gasteiger charge is 2.24. The molecule has 1 aromatic carbocycles. The number of halogens is 1. The number of likely N-dealkylation sites (tertiary alicyclic amines) is 1. The van der Waals surface area contributed by atoms with Crippen molar-refractivity contribution in [3.63, 3.8) is 0 Å². The number of rotatable bonds is 7. The van der Waals surface area contributed by atoms with Gasteiger partial charge in [-0.3, -0.25) is 4.90 Å². The maximum absolute atomic E-state index is 13.3. The molecule has 0 aromatic heterocycles. The van der Waals surface area contributed by atoms with Crippen LogP contribution in [0.25, 0.3) is 0 Å². The molecule has 0 spiro atoms. The van der Waals surface area contributed by atoms with Crippen molar-refractivity contribution in [2.75, 3.05) is 39.9 Å². The summed E-state index contributed by atoms with van der Waals surface area (Å²) < 4.78 is 18.2. The van der Waals surface area contributed by atoms with Gasteiger partial charge in [-0.2, -0.15) is 0 Å². The molecule has 1 amide bonds. The highest BCUT2D eigenvalue weighted by molar-refractivity contribution is 5.64. The highest BCUT2D eigenvalue weighted by atomic mass is 19.1. The van der Waals surface area contributed by atoms with E-state index in [1.165, 1.54) is 11.0 Å². The van der Waals surface area contributed by atoms with Crippen molar-refractivity contribution in [2.24, 2.45) is 5.92 Å². The minimum Gasteiger partial charge on any atom is -0.465 e. The summed E-state index contributed by atoms with van der Waals surface area (Å²) >= 11 is 0. The number of methoxy groups -OCH3 is 1. The molecule has 23 heavy (non-hydrogen) atoms. The van der Waals surface area contributed by atoms with Gasteiger partial charge in [0.1, 0.15) is 5.82 Å². The van der Waals surface area contributed by atoms with Crippen LogP contribution in [-0.4, -0.2) is 60.9 Å².